The number of β-amino-alcohol motifs (C(OH)–C–C–N with tert-alkyl or cyclic N) is 1. The van der Waals surface area contributed by atoms with Crippen LogP contribution in [0.3, 0.4) is 0 Å². The van der Waals surface area contributed by atoms with Crippen LogP contribution in [0.5, 0.6) is 11.5 Å². The maximum absolute atomic E-state index is 11.0. The van der Waals surface area contributed by atoms with Gasteiger partial charge < -0.3 is 24.2 Å². The maximum Gasteiger partial charge on any atom is 0.161 e. The van der Waals surface area contributed by atoms with E-state index in [-0.39, 0.29) is 0 Å². The van der Waals surface area contributed by atoms with Gasteiger partial charge in [-0.25, -0.2) is 0 Å². The van der Waals surface area contributed by atoms with Crippen LogP contribution < -0.4 is 9.47 Å². The molecular formula is C22H37N3O4. The molecule has 7 nitrogen and oxygen atoms in total. The van der Waals surface area contributed by atoms with E-state index in [0.717, 1.165) is 76.8 Å². The third kappa shape index (κ3) is 6.83. The molecule has 1 aromatic carbocycles. The van der Waals surface area contributed by atoms with E-state index in [1.165, 1.54) is 5.56 Å². The fourth-order valence-corrected chi connectivity index (χ4v) is 4.13. The van der Waals surface area contributed by atoms with Gasteiger partial charge in [0, 0.05) is 45.8 Å². The highest BCUT2D eigenvalue weighted by molar-refractivity contribution is 5.43. The Balaban J connectivity index is 1.50. The van der Waals surface area contributed by atoms with Gasteiger partial charge in [0.2, 0.25) is 0 Å². The van der Waals surface area contributed by atoms with Gasteiger partial charge in [0.1, 0.15) is 0 Å². The van der Waals surface area contributed by atoms with Gasteiger partial charge in [-0.2, -0.15) is 0 Å². The van der Waals surface area contributed by atoms with E-state index in [9.17, 15) is 5.11 Å². The summed E-state index contributed by atoms with van der Waals surface area (Å²) in [6.45, 7) is 8.19. The molecule has 164 valence electrons. The molecule has 29 heavy (non-hydrogen) atoms. The molecule has 0 saturated carbocycles. The van der Waals surface area contributed by atoms with Crippen LogP contribution in [-0.2, 0) is 11.3 Å². The summed E-state index contributed by atoms with van der Waals surface area (Å²) in [4.78, 5) is 6.80. The van der Waals surface area contributed by atoms with Crippen LogP contribution in [0.2, 0.25) is 0 Å². The van der Waals surface area contributed by atoms with E-state index in [0.29, 0.717) is 13.2 Å². The van der Waals surface area contributed by atoms with Crippen molar-refractivity contribution in [2.24, 2.45) is 0 Å². The van der Waals surface area contributed by atoms with Crippen molar-refractivity contribution in [3.05, 3.63) is 23.8 Å². The Morgan fingerprint density at radius 1 is 1.14 bits per heavy atom. The SMILES string of the molecule is COc1cc(CN2CCC(O)(CN3CCOCC3)C2)ccc1OCCCN(C)C. The fraction of sp³-hybridized carbons (Fsp3) is 0.727. The number of ether oxygens (including phenoxy) is 3. The second-order valence-electron chi connectivity index (χ2n) is 8.56. The molecule has 1 unspecified atom stereocenters. The first-order valence-corrected chi connectivity index (χ1v) is 10.7. The monoisotopic (exact) mass is 407 g/mol. The summed E-state index contributed by atoms with van der Waals surface area (Å²) in [5, 5.41) is 11.0. The van der Waals surface area contributed by atoms with E-state index in [1.54, 1.807) is 7.11 Å². The molecule has 3 rings (SSSR count). The van der Waals surface area contributed by atoms with Crippen molar-refractivity contribution >= 4 is 0 Å². The number of aliphatic hydroxyl groups is 1. The predicted octanol–water partition coefficient (Wildman–Crippen LogP) is 1.29. The van der Waals surface area contributed by atoms with Crippen LogP contribution in [0.4, 0.5) is 0 Å². The van der Waals surface area contributed by atoms with Gasteiger partial charge in [0.25, 0.3) is 0 Å². The van der Waals surface area contributed by atoms with Crippen LogP contribution in [0.1, 0.15) is 18.4 Å². The molecule has 0 spiro atoms. The Morgan fingerprint density at radius 2 is 1.93 bits per heavy atom. The summed E-state index contributed by atoms with van der Waals surface area (Å²) >= 11 is 0. The lowest BCUT2D eigenvalue weighted by atomic mass is 10.0. The molecule has 1 aromatic rings. The van der Waals surface area contributed by atoms with Crippen LogP contribution in [0.25, 0.3) is 0 Å². The van der Waals surface area contributed by atoms with Crippen molar-refractivity contribution in [3.63, 3.8) is 0 Å². The molecule has 0 radical (unpaired) electrons. The fourth-order valence-electron chi connectivity index (χ4n) is 4.13. The van der Waals surface area contributed by atoms with E-state index < -0.39 is 5.60 Å². The van der Waals surface area contributed by atoms with Crippen LogP contribution in [0, 0.1) is 0 Å². The Kier molecular flexibility index (Phi) is 8.15. The molecule has 1 atom stereocenters. The molecule has 0 amide bonds. The average Bonchev–Trinajstić information content (AvgIpc) is 3.06. The molecule has 2 saturated heterocycles. The second-order valence-corrected chi connectivity index (χ2v) is 8.56. The standard InChI is InChI=1S/C22H37N3O4/c1-23(2)8-4-12-29-20-6-5-19(15-21(20)27-3)16-25-9-7-22(26,18-25)17-24-10-13-28-14-11-24/h5-6,15,26H,4,7-14,16-18H2,1-3H3. The molecule has 2 aliphatic rings. The molecule has 2 heterocycles. The predicted molar refractivity (Wildman–Crippen MR) is 114 cm³/mol. The van der Waals surface area contributed by atoms with E-state index >= 15 is 0 Å². The van der Waals surface area contributed by atoms with Gasteiger partial charge in [-0.1, -0.05) is 6.07 Å². The third-order valence-corrected chi connectivity index (χ3v) is 5.67. The smallest absolute Gasteiger partial charge is 0.161 e. The zero-order valence-corrected chi connectivity index (χ0v) is 18.2. The Morgan fingerprint density at radius 3 is 2.66 bits per heavy atom. The van der Waals surface area contributed by atoms with Crippen LogP contribution in [0.15, 0.2) is 18.2 Å². The zero-order valence-electron chi connectivity index (χ0n) is 18.2. The first kappa shape index (κ1) is 22.3. The van der Waals surface area contributed by atoms with Crippen molar-refractivity contribution in [2.75, 3.05) is 80.3 Å². The molecule has 1 N–H and O–H groups in total. The average molecular weight is 408 g/mol. The minimum atomic E-state index is -0.628. The van der Waals surface area contributed by atoms with Gasteiger partial charge in [0.05, 0.1) is 32.5 Å². The number of likely N-dealkylation sites (tertiary alicyclic amines) is 1. The minimum absolute atomic E-state index is 0.628. The van der Waals surface area contributed by atoms with Crippen LogP contribution >= 0.6 is 0 Å². The summed E-state index contributed by atoms with van der Waals surface area (Å²) in [7, 11) is 5.81. The van der Waals surface area contributed by atoms with E-state index in [4.69, 9.17) is 14.2 Å². The molecule has 2 fully saturated rings. The number of hydrogen-bond donors (Lipinski definition) is 1. The van der Waals surface area contributed by atoms with Crippen LogP contribution in [-0.4, -0.2) is 106 Å². The first-order valence-electron chi connectivity index (χ1n) is 10.7. The van der Waals surface area contributed by atoms with Gasteiger partial charge in [0.15, 0.2) is 11.5 Å². The van der Waals surface area contributed by atoms with E-state index in [2.05, 4.69) is 40.9 Å². The summed E-state index contributed by atoms with van der Waals surface area (Å²) < 4.78 is 16.9. The second kappa shape index (κ2) is 10.6. The Hall–Kier alpha value is -1.38. The minimum Gasteiger partial charge on any atom is -0.493 e. The van der Waals surface area contributed by atoms with Crippen molar-refractivity contribution in [2.45, 2.75) is 25.0 Å². The lowest BCUT2D eigenvalue weighted by Crippen LogP contribution is -2.48. The summed E-state index contributed by atoms with van der Waals surface area (Å²) in [6.07, 6.45) is 1.79. The summed E-state index contributed by atoms with van der Waals surface area (Å²) in [5.41, 5.74) is 0.551. The number of rotatable bonds is 10. The lowest BCUT2D eigenvalue weighted by Gasteiger charge is -2.33. The van der Waals surface area contributed by atoms with Gasteiger partial charge in [-0.15, -0.1) is 0 Å². The van der Waals surface area contributed by atoms with Gasteiger partial charge >= 0.3 is 0 Å². The topological polar surface area (TPSA) is 57.6 Å². The molecule has 0 aliphatic carbocycles. The highest BCUT2D eigenvalue weighted by Gasteiger charge is 2.37. The van der Waals surface area contributed by atoms with E-state index in [1.807, 2.05) is 6.07 Å². The maximum atomic E-state index is 11.0. The Labute approximate surface area is 175 Å². The molecular weight excluding hydrogens is 370 g/mol. The third-order valence-electron chi connectivity index (χ3n) is 5.67. The number of nitrogens with zero attached hydrogens (tertiary/aromatic N) is 3. The largest absolute Gasteiger partial charge is 0.493 e. The zero-order chi connectivity index (χ0) is 20.7. The van der Waals surface area contributed by atoms with Crippen molar-refractivity contribution in [1.82, 2.24) is 14.7 Å². The molecule has 0 aromatic heterocycles. The lowest BCUT2D eigenvalue weighted by molar-refractivity contribution is -0.0266. The quantitative estimate of drug-likeness (QED) is 0.587. The number of benzene rings is 1. The highest BCUT2D eigenvalue weighted by atomic mass is 16.5. The Bertz CT molecular complexity index is 636. The molecule has 2 aliphatic heterocycles. The van der Waals surface area contributed by atoms with Crippen molar-refractivity contribution < 1.29 is 19.3 Å². The normalized spacial score (nSPS) is 23.6. The van der Waals surface area contributed by atoms with Crippen molar-refractivity contribution in [1.29, 1.82) is 0 Å². The molecule has 0 bridgehead atoms. The van der Waals surface area contributed by atoms with Gasteiger partial charge in [-0.05, 0) is 44.6 Å². The molecule has 7 heteroatoms. The van der Waals surface area contributed by atoms with Crippen molar-refractivity contribution in [3.8, 4) is 11.5 Å². The number of morpholine rings is 1. The number of hydrogen-bond acceptors (Lipinski definition) is 7. The van der Waals surface area contributed by atoms with Gasteiger partial charge in [-0.3, -0.25) is 9.80 Å². The first-order chi connectivity index (χ1) is 14.0. The summed E-state index contributed by atoms with van der Waals surface area (Å²) in [6, 6.07) is 6.16. The summed E-state index contributed by atoms with van der Waals surface area (Å²) in [5.74, 6) is 1.57. The number of methoxy groups -OCH3 is 1. The highest BCUT2D eigenvalue weighted by Crippen LogP contribution is 2.30.